The van der Waals surface area contributed by atoms with Crippen LogP contribution in [0.4, 0.5) is 5.69 Å². The van der Waals surface area contributed by atoms with Crippen molar-refractivity contribution >= 4 is 5.69 Å². The second-order valence-corrected chi connectivity index (χ2v) is 6.37. The number of hydrogen-bond donors (Lipinski definition) is 2. The number of pyridine rings is 1. The van der Waals surface area contributed by atoms with E-state index in [4.69, 9.17) is 9.47 Å². The van der Waals surface area contributed by atoms with Gasteiger partial charge in [-0.25, -0.2) is 0 Å². The number of methoxy groups -OCH3 is 1. The Bertz CT molecular complexity index is 905. The molecule has 0 saturated heterocycles. The number of nitrogens with one attached hydrogen (secondary N) is 2. The Labute approximate surface area is 159 Å². The summed E-state index contributed by atoms with van der Waals surface area (Å²) in [6.07, 6.45) is 1.74. The lowest BCUT2D eigenvalue weighted by Crippen LogP contribution is -2.18. The molecule has 140 valence electrons. The molecule has 0 fully saturated rings. The monoisotopic (exact) mass is 364 g/mol. The molecule has 2 aromatic carbocycles. The van der Waals surface area contributed by atoms with Crippen LogP contribution in [-0.2, 0) is 11.3 Å². The van der Waals surface area contributed by atoms with Crippen molar-refractivity contribution in [2.24, 2.45) is 0 Å². The summed E-state index contributed by atoms with van der Waals surface area (Å²) in [6.45, 7) is 2.94. The SMILES string of the molecule is COC[C@@H](C)Oc1ccc(NCc2cc(-c3ccccc3)c[nH]c2=O)cc1. The lowest BCUT2D eigenvalue weighted by Gasteiger charge is -2.14. The first kappa shape index (κ1) is 18.7. The van der Waals surface area contributed by atoms with Crippen LogP contribution in [0.1, 0.15) is 12.5 Å². The number of H-pyrrole nitrogens is 1. The van der Waals surface area contributed by atoms with E-state index in [1.165, 1.54) is 0 Å². The number of ether oxygens (including phenoxy) is 2. The van der Waals surface area contributed by atoms with Crippen LogP contribution >= 0.6 is 0 Å². The molecule has 3 aromatic rings. The Morgan fingerprint density at radius 2 is 1.78 bits per heavy atom. The third-order valence-corrected chi connectivity index (χ3v) is 4.16. The van der Waals surface area contributed by atoms with E-state index in [1.807, 2.05) is 67.6 Å². The fourth-order valence-electron chi connectivity index (χ4n) is 2.81. The minimum absolute atomic E-state index is 0.00639. The lowest BCUT2D eigenvalue weighted by atomic mass is 10.1. The van der Waals surface area contributed by atoms with Crippen LogP contribution in [0.5, 0.6) is 5.75 Å². The van der Waals surface area contributed by atoms with Gasteiger partial charge < -0.3 is 19.8 Å². The van der Waals surface area contributed by atoms with Crippen LogP contribution in [-0.4, -0.2) is 24.8 Å². The van der Waals surface area contributed by atoms with Gasteiger partial charge in [-0.15, -0.1) is 0 Å². The molecular weight excluding hydrogens is 340 g/mol. The van der Waals surface area contributed by atoms with E-state index < -0.39 is 0 Å². The van der Waals surface area contributed by atoms with Gasteiger partial charge in [-0.2, -0.15) is 0 Å². The van der Waals surface area contributed by atoms with E-state index in [-0.39, 0.29) is 11.7 Å². The van der Waals surface area contributed by atoms with Crippen molar-refractivity contribution in [1.29, 1.82) is 0 Å². The van der Waals surface area contributed by atoms with Crippen molar-refractivity contribution in [3.8, 4) is 16.9 Å². The number of rotatable bonds is 8. The first-order valence-electron chi connectivity index (χ1n) is 8.92. The fourth-order valence-corrected chi connectivity index (χ4v) is 2.81. The Hall–Kier alpha value is -3.05. The molecule has 0 bridgehead atoms. The maximum absolute atomic E-state index is 12.1. The lowest BCUT2D eigenvalue weighted by molar-refractivity contribution is 0.0921. The standard InChI is InChI=1S/C22H24N2O3/c1-16(15-26-2)27-21-10-8-20(9-11-21)23-14-19-12-18(13-24-22(19)25)17-6-4-3-5-7-17/h3-13,16,23H,14-15H2,1-2H3,(H,24,25)/t16-/m1/s1. The summed E-state index contributed by atoms with van der Waals surface area (Å²) in [5.41, 5.74) is 3.58. The van der Waals surface area contributed by atoms with Gasteiger partial charge in [0.2, 0.25) is 0 Å². The van der Waals surface area contributed by atoms with Crippen LogP contribution in [0.2, 0.25) is 0 Å². The Kier molecular flexibility index (Phi) is 6.28. The van der Waals surface area contributed by atoms with Crippen molar-refractivity contribution < 1.29 is 9.47 Å². The van der Waals surface area contributed by atoms with Gasteiger partial charge in [0, 0.05) is 31.1 Å². The first-order valence-corrected chi connectivity index (χ1v) is 8.92. The van der Waals surface area contributed by atoms with Crippen LogP contribution in [0, 0.1) is 0 Å². The van der Waals surface area contributed by atoms with E-state index in [2.05, 4.69) is 10.3 Å². The predicted octanol–water partition coefficient (Wildman–Crippen LogP) is 4.07. The highest BCUT2D eigenvalue weighted by Gasteiger charge is 2.05. The second-order valence-electron chi connectivity index (χ2n) is 6.37. The third kappa shape index (κ3) is 5.21. The van der Waals surface area contributed by atoms with Gasteiger partial charge in [-0.3, -0.25) is 4.79 Å². The molecule has 0 spiro atoms. The average molecular weight is 364 g/mol. The zero-order chi connectivity index (χ0) is 19.1. The van der Waals surface area contributed by atoms with Crippen LogP contribution < -0.4 is 15.6 Å². The molecule has 2 N–H and O–H groups in total. The molecule has 1 atom stereocenters. The highest BCUT2D eigenvalue weighted by molar-refractivity contribution is 5.63. The summed E-state index contributed by atoms with van der Waals surface area (Å²) < 4.78 is 10.8. The summed E-state index contributed by atoms with van der Waals surface area (Å²) in [6, 6.07) is 19.6. The quantitative estimate of drug-likeness (QED) is 0.632. The molecule has 1 aromatic heterocycles. The Morgan fingerprint density at radius 1 is 1.04 bits per heavy atom. The minimum Gasteiger partial charge on any atom is -0.488 e. The molecule has 3 rings (SSSR count). The molecule has 0 radical (unpaired) electrons. The third-order valence-electron chi connectivity index (χ3n) is 4.16. The number of benzene rings is 2. The molecule has 0 aliphatic rings. The van der Waals surface area contributed by atoms with Crippen molar-refractivity contribution in [1.82, 2.24) is 4.98 Å². The van der Waals surface area contributed by atoms with Crippen molar-refractivity contribution in [3.05, 3.63) is 82.8 Å². The number of hydrogen-bond acceptors (Lipinski definition) is 4. The van der Waals surface area contributed by atoms with Crippen molar-refractivity contribution in [3.63, 3.8) is 0 Å². The second kappa shape index (κ2) is 9.05. The zero-order valence-corrected chi connectivity index (χ0v) is 15.6. The van der Waals surface area contributed by atoms with E-state index >= 15 is 0 Å². The average Bonchev–Trinajstić information content (AvgIpc) is 2.69. The van der Waals surface area contributed by atoms with E-state index in [1.54, 1.807) is 13.3 Å². The molecular formula is C22H24N2O3. The first-order chi connectivity index (χ1) is 13.2. The van der Waals surface area contributed by atoms with E-state index in [9.17, 15) is 4.79 Å². The maximum atomic E-state index is 12.1. The number of anilines is 1. The molecule has 0 amide bonds. The highest BCUT2D eigenvalue weighted by Crippen LogP contribution is 2.19. The largest absolute Gasteiger partial charge is 0.488 e. The molecule has 0 unspecified atom stereocenters. The number of aromatic nitrogens is 1. The molecule has 0 aliphatic heterocycles. The smallest absolute Gasteiger partial charge is 0.252 e. The van der Waals surface area contributed by atoms with Crippen LogP contribution in [0.3, 0.4) is 0 Å². The topological polar surface area (TPSA) is 63.4 Å². The fraction of sp³-hybridized carbons (Fsp3) is 0.227. The molecule has 0 saturated carbocycles. The summed E-state index contributed by atoms with van der Waals surface area (Å²) in [5, 5.41) is 3.29. The summed E-state index contributed by atoms with van der Waals surface area (Å²) in [4.78, 5) is 15.0. The molecule has 5 heteroatoms. The Morgan fingerprint density at radius 3 is 2.48 bits per heavy atom. The highest BCUT2D eigenvalue weighted by atomic mass is 16.5. The van der Waals surface area contributed by atoms with E-state index in [0.29, 0.717) is 18.7 Å². The van der Waals surface area contributed by atoms with Gasteiger partial charge in [0.1, 0.15) is 11.9 Å². The minimum atomic E-state index is -0.0875. The van der Waals surface area contributed by atoms with Crippen LogP contribution in [0.25, 0.3) is 11.1 Å². The molecule has 27 heavy (non-hydrogen) atoms. The van der Waals surface area contributed by atoms with Crippen molar-refractivity contribution in [2.75, 3.05) is 19.0 Å². The maximum Gasteiger partial charge on any atom is 0.252 e. The summed E-state index contributed by atoms with van der Waals surface area (Å²) >= 11 is 0. The Balaban J connectivity index is 1.65. The summed E-state index contributed by atoms with van der Waals surface area (Å²) in [7, 11) is 1.65. The van der Waals surface area contributed by atoms with Gasteiger partial charge in [0.15, 0.2) is 0 Å². The molecule has 5 nitrogen and oxygen atoms in total. The molecule has 0 aliphatic carbocycles. The van der Waals surface area contributed by atoms with Crippen LogP contribution in [0.15, 0.2) is 71.7 Å². The zero-order valence-electron chi connectivity index (χ0n) is 15.6. The van der Waals surface area contributed by atoms with Crippen molar-refractivity contribution in [2.45, 2.75) is 19.6 Å². The van der Waals surface area contributed by atoms with Gasteiger partial charge in [0.25, 0.3) is 5.56 Å². The van der Waals surface area contributed by atoms with Gasteiger partial charge >= 0.3 is 0 Å². The van der Waals surface area contributed by atoms with Gasteiger partial charge in [0.05, 0.1) is 6.61 Å². The van der Waals surface area contributed by atoms with Gasteiger partial charge in [-0.1, -0.05) is 30.3 Å². The predicted molar refractivity (Wildman–Crippen MR) is 108 cm³/mol. The van der Waals surface area contributed by atoms with E-state index in [0.717, 1.165) is 22.6 Å². The molecule has 1 heterocycles. The normalized spacial score (nSPS) is 11.8. The summed E-state index contributed by atoms with van der Waals surface area (Å²) in [5.74, 6) is 0.786. The number of aromatic amines is 1. The van der Waals surface area contributed by atoms with Gasteiger partial charge in [-0.05, 0) is 48.4 Å².